The minimum Gasteiger partial charge on any atom is -0.381 e. The number of benzene rings is 1. The summed E-state index contributed by atoms with van der Waals surface area (Å²) in [6, 6.07) is 9.71. The van der Waals surface area contributed by atoms with E-state index < -0.39 is 10.8 Å². The van der Waals surface area contributed by atoms with Crippen molar-refractivity contribution >= 4 is 16.8 Å². The fourth-order valence-corrected chi connectivity index (χ4v) is 3.74. The molecule has 0 bridgehead atoms. The summed E-state index contributed by atoms with van der Waals surface area (Å²) < 4.78 is 17.3. The number of hydrogen-bond donors (Lipinski definition) is 2. The van der Waals surface area contributed by atoms with Crippen molar-refractivity contribution in [1.29, 1.82) is 0 Å². The number of nitrogens with one attached hydrogen (secondary N) is 2. The Morgan fingerprint density at radius 3 is 2.70 bits per heavy atom. The van der Waals surface area contributed by atoms with Crippen LogP contribution in [0.2, 0.25) is 0 Å². The van der Waals surface area contributed by atoms with Crippen LogP contribution in [0.25, 0.3) is 0 Å². The van der Waals surface area contributed by atoms with E-state index in [0.29, 0.717) is 24.0 Å². The van der Waals surface area contributed by atoms with Crippen LogP contribution in [0.4, 0.5) is 4.79 Å². The van der Waals surface area contributed by atoms with Gasteiger partial charge in [-0.05, 0) is 31.2 Å². The standard InChI is InChI=1S/C17H26N2O3S/c1-14(16-7-10-22-11-8-16)19-17(20)18-9-12-23(21)13-15-5-3-2-4-6-15/h2-6,14,16H,7-13H2,1H3,(H2,18,19,20)/t14-,23-/m0/s1. The second-order valence-electron chi connectivity index (χ2n) is 5.91. The third kappa shape index (κ3) is 6.71. The molecule has 2 atom stereocenters. The maximum Gasteiger partial charge on any atom is 0.315 e. The predicted molar refractivity (Wildman–Crippen MR) is 92.7 cm³/mol. The first-order valence-corrected chi connectivity index (χ1v) is 9.65. The lowest BCUT2D eigenvalue weighted by Gasteiger charge is -2.28. The summed E-state index contributed by atoms with van der Waals surface area (Å²) in [5, 5.41) is 5.76. The maximum absolute atomic E-state index is 12.0. The highest BCUT2D eigenvalue weighted by molar-refractivity contribution is 7.84. The molecular formula is C17H26N2O3S. The molecule has 0 aliphatic carbocycles. The van der Waals surface area contributed by atoms with Crippen LogP contribution in [0.3, 0.4) is 0 Å². The van der Waals surface area contributed by atoms with Crippen LogP contribution in [-0.2, 0) is 21.3 Å². The van der Waals surface area contributed by atoms with Crippen molar-refractivity contribution in [3.63, 3.8) is 0 Å². The smallest absolute Gasteiger partial charge is 0.315 e. The van der Waals surface area contributed by atoms with E-state index in [0.717, 1.165) is 31.6 Å². The average molecular weight is 338 g/mol. The molecule has 5 nitrogen and oxygen atoms in total. The number of amides is 2. The minimum atomic E-state index is -0.963. The van der Waals surface area contributed by atoms with E-state index in [9.17, 15) is 9.00 Å². The lowest BCUT2D eigenvalue weighted by molar-refractivity contribution is 0.0571. The Labute approximate surface area is 140 Å². The summed E-state index contributed by atoms with van der Waals surface area (Å²) in [6.45, 7) is 4.00. The summed E-state index contributed by atoms with van der Waals surface area (Å²) in [5.74, 6) is 1.47. The normalized spacial score (nSPS) is 18.1. The molecule has 0 radical (unpaired) electrons. The zero-order chi connectivity index (χ0) is 16.5. The van der Waals surface area contributed by atoms with Crippen molar-refractivity contribution < 1.29 is 13.7 Å². The van der Waals surface area contributed by atoms with Crippen molar-refractivity contribution in [1.82, 2.24) is 10.6 Å². The van der Waals surface area contributed by atoms with Crippen molar-refractivity contribution in [2.75, 3.05) is 25.5 Å². The van der Waals surface area contributed by atoms with Gasteiger partial charge < -0.3 is 15.4 Å². The number of rotatable bonds is 7. The number of hydrogen-bond acceptors (Lipinski definition) is 3. The monoisotopic (exact) mass is 338 g/mol. The summed E-state index contributed by atoms with van der Waals surface area (Å²) in [7, 11) is -0.963. The first-order chi connectivity index (χ1) is 11.1. The summed E-state index contributed by atoms with van der Waals surface area (Å²) in [6.07, 6.45) is 1.98. The molecule has 1 aliphatic rings. The van der Waals surface area contributed by atoms with Crippen LogP contribution in [0.15, 0.2) is 30.3 Å². The lowest BCUT2D eigenvalue weighted by atomic mass is 9.93. The van der Waals surface area contributed by atoms with Gasteiger partial charge >= 0.3 is 6.03 Å². The van der Waals surface area contributed by atoms with Crippen molar-refractivity contribution in [2.45, 2.75) is 31.6 Å². The number of ether oxygens (including phenoxy) is 1. The number of carbonyl (C=O) groups excluding carboxylic acids is 1. The molecule has 1 aliphatic heterocycles. The number of carbonyl (C=O) groups is 1. The summed E-state index contributed by atoms with van der Waals surface area (Å²) in [4.78, 5) is 11.9. The predicted octanol–water partition coefficient (Wildman–Crippen LogP) is 2.05. The fraction of sp³-hybridized carbons (Fsp3) is 0.588. The second-order valence-corrected chi connectivity index (χ2v) is 7.49. The van der Waals surface area contributed by atoms with Gasteiger partial charge in [-0.25, -0.2) is 4.79 Å². The SMILES string of the molecule is C[C@H](NC(=O)NCC[S@](=O)Cc1ccccc1)C1CCOCC1. The quantitative estimate of drug-likeness (QED) is 0.799. The second kappa shape index (κ2) is 9.67. The van der Waals surface area contributed by atoms with Crippen LogP contribution in [0.5, 0.6) is 0 Å². The third-order valence-corrected chi connectivity index (χ3v) is 5.43. The Morgan fingerprint density at radius 2 is 2.00 bits per heavy atom. The molecule has 6 heteroatoms. The first kappa shape index (κ1) is 17.9. The Balaban J connectivity index is 1.61. The van der Waals surface area contributed by atoms with Crippen molar-refractivity contribution in [2.24, 2.45) is 5.92 Å². The van der Waals surface area contributed by atoms with Crippen LogP contribution in [-0.4, -0.2) is 41.8 Å². The molecule has 128 valence electrons. The van der Waals surface area contributed by atoms with E-state index in [1.54, 1.807) is 0 Å². The molecule has 2 rings (SSSR count). The third-order valence-electron chi connectivity index (χ3n) is 4.12. The fourth-order valence-electron chi connectivity index (χ4n) is 2.70. The molecule has 0 unspecified atom stereocenters. The first-order valence-electron chi connectivity index (χ1n) is 8.16. The van der Waals surface area contributed by atoms with Gasteiger partial charge in [-0.15, -0.1) is 0 Å². The molecule has 1 saturated heterocycles. The molecule has 0 aromatic heterocycles. The van der Waals surface area contributed by atoms with Crippen LogP contribution >= 0.6 is 0 Å². The summed E-state index contributed by atoms with van der Waals surface area (Å²) in [5.41, 5.74) is 1.06. The molecule has 0 spiro atoms. The molecule has 23 heavy (non-hydrogen) atoms. The van der Waals surface area contributed by atoms with Crippen LogP contribution in [0.1, 0.15) is 25.3 Å². The molecular weight excluding hydrogens is 312 g/mol. The molecule has 1 fully saturated rings. The van der Waals surface area contributed by atoms with E-state index in [-0.39, 0.29) is 12.1 Å². The van der Waals surface area contributed by atoms with Gasteiger partial charge in [0, 0.05) is 48.1 Å². The molecule has 1 heterocycles. The van der Waals surface area contributed by atoms with Gasteiger partial charge in [-0.3, -0.25) is 4.21 Å². The molecule has 1 aromatic rings. The molecule has 2 amide bonds. The summed E-state index contributed by atoms with van der Waals surface area (Å²) >= 11 is 0. The van der Waals surface area contributed by atoms with E-state index in [1.165, 1.54) is 0 Å². The highest BCUT2D eigenvalue weighted by Crippen LogP contribution is 2.18. The van der Waals surface area contributed by atoms with E-state index in [4.69, 9.17) is 4.74 Å². The van der Waals surface area contributed by atoms with Gasteiger partial charge in [-0.2, -0.15) is 0 Å². The average Bonchev–Trinajstić information content (AvgIpc) is 2.56. The van der Waals surface area contributed by atoms with E-state index in [1.807, 2.05) is 37.3 Å². The Hall–Kier alpha value is -1.40. The largest absolute Gasteiger partial charge is 0.381 e. The van der Waals surface area contributed by atoms with Crippen LogP contribution in [0, 0.1) is 5.92 Å². The zero-order valence-corrected chi connectivity index (χ0v) is 14.4. The van der Waals surface area contributed by atoms with E-state index >= 15 is 0 Å². The minimum absolute atomic E-state index is 0.133. The van der Waals surface area contributed by atoms with Gasteiger partial charge in [-0.1, -0.05) is 30.3 Å². The molecule has 2 N–H and O–H groups in total. The Kier molecular flexibility index (Phi) is 7.55. The maximum atomic E-state index is 12.0. The highest BCUT2D eigenvalue weighted by atomic mass is 32.2. The zero-order valence-electron chi connectivity index (χ0n) is 13.6. The topological polar surface area (TPSA) is 67.4 Å². The van der Waals surface area contributed by atoms with E-state index in [2.05, 4.69) is 10.6 Å². The highest BCUT2D eigenvalue weighted by Gasteiger charge is 2.21. The molecule has 0 saturated carbocycles. The van der Waals surface area contributed by atoms with Gasteiger partial charge in [0.25, 0.3) is 0 Å². The molecule has 1 aromatic carbocycles. The van der Waals surface area contributed by atoms with Crippen molar-refractivity contribution in [3.8, 4) is 0 Å². The van der Waals surface area contributed by atoms with Gasteiger partial charge in [0.05, 0.1) is 0 Å². The van der Waals surface area contributed by atoms with Crippen molar-refractivity contribution in [3.05, 3.63) is 35.9 Å². The van der Waals surface area contributed by atoms with Gasteiger partial charge in [0.15, 0.2) is 0 Å². The lowest BCUT2D eigenvalue weighted by Crippen LogP contribution is -2.46. The Bertz CT molecular complexity index is 504. The number of urea groups is 1. The van der Waals surface area contributed by atoms with Crippen LogP contribution < -0.4 is 10.6 Å². The van der Waals surface area contributed by atoms with Gasteiger partial charge in [0.2, 0.25) is 0 Å². The Morgan fingerprint density at radius 1 is 1.30 bits per heavy atom. The van der Waals surface area contributed by atoms with Gasteiger partial charge in [0.1, 0.15) is 0 Å².